The van der Waals surface area contributed by atoms with Crippen molar-refractivity contribution in [2.24, 2.45) is 0 Å². The van der Waals surface area contributed by atoms with Gasteiger partial charge >= 0.3 is 5.97 Å². The van der Waals surface area contributed by atoms with Crippen LogP contribution >= 0.6 is 0 Å². The van der Waals surface area contributed by atoms with Crippen molar-refractivity contribution in [1.82, 2.24) is 9.71 Å². The topological polar surface area (TPSA) is 117 Å². The summed E-state index contributed by atoms with van der Waals surface area (Å²) >= 11 is 0. The highest BCUT2D eigenvalue weighted by molar-refractivity contribution is 7.89. The molecule has 0 saturated heterocycles. The van der Waals surface area contributed by atoms with Crippen LogP contribution in [0.4, 0.5) is 0 Å². The smallest absolute Gasteiger partial charge is 0.337 e. The molecule has 0 aliphatic heterocycles. The molecule has 0 aliphatic carbocycles. The van der Waals surface area contributed by atoms with Crippen molar-refractivity contribution in [2.75, 3.05) is 6.54 Å². The fourth-order valence-electron chi connectivity index (χ4n) is 1.09. The summed E-state index contributed by atoms with van der Waals surface area (Å²) in [6.45, 7) is 1.61. The predicted molar refractivity (Wildman–Crippen MR) is 62.7 cm³/mol. The number of hydrogen-bond acceptors (Lipinski definition) is 5. The highest BCUT2D eigenvalue weighted by Crippen LogP contribution is 2.06. The van der Waals surface area contributed by atoms with Crippen LogP contribution in [0.5, 0.6) is 0 Å². The minimum absolute atomic E-state index is 0.0949. The third-order valence-electron chi connectivity index (χ3n) is 2.24. The average Bonchev–Trinajstić information content (AvgIpc) is 2.36. The van der Waals surface area contributed by atoms with E-state index < -0.39 is 22.1 Å². The molecule has 0 spiro atoms. The molecule has 0 bridgehead atoms. The fourth-order valence-corrected chi connectivity index (χ4v) is 2.09. The Morgan fingerprint density at radius 2 is 2.17 bits per heavy atom. The SMILES string of the molecule is CCC(O)CNS(=O)(=O)c1ccc(C(=O)O)cn1. The molecule has 1 aromatic heterocycles. The third kappa shape index (κ3) is 3.76. The molecule has 0 amide bonds. The summed E-state index contributed by atoms with van der Waals surface area (Å²) in [5.74, 6) is -1.18. The van der Waals surface area contributed by atoms with Crippen molar-refractivity contribution in [3.8, 4) is 0 Å². The van der Waals surface area contributed by atoms with Crippen molar-refractivity contribution in [3.63, 3.8) is 0 Å². The number of aliphatic hydroxyl groups excluding tert-OH is 1. The number of aromatic nitrogens is 1. The van der Waals surface area contributed by atoms with Gasteiger partial charge in [0.05, 0.1) is 11.7 Å². The highest BCUT2D eigenvalue weighted by Gasteiger charge is 2.17. The number of hydrogen-bond donors (Lipinski definition) is 3. The summed E-state index contributed by atoms with van der Waals surface area (Å²) in [5.41, 5.74) is -0.0949. The van der Waals surface area contributed by atoms with Gasteiger partial charge in [-0.15, -0.1) is 0 Å². The molecular formula is C10H14N2O5S. The van der Waals surface area contributed by atoms with E-state index in [4.69, 9.17) is 5.11 Å². The van der Waals surface area contributed by atoms with E-state index in [9.17, 15) is 18.3 Å². The summed E-state index contributed by atoms with van der Waals surface area (Å²) in [6.07, 6.45) is 0.624. The maximum Gasteiger partial charge on any atom is 0.337 e. The molecule has 1 unspecified atom stereocenters. The molecule has 7 nitrogen and oxygen atoms in total. The maximum absolute atomic E-state index is 11.7. The van der Waals surface area contributed by atoms with Crippen molar-refractivity contribution in [3.05, 3.63) is 23.9 Å². The number of aliphatic hydroxyl groups is 1. The van der Waals surface area contributed by atoms with Crippen LogP contribution < -0.4 is 4.72 Å². The number of carboxylic acid groups (broad SMARTS) is 1. The highest BCUT2D eigenvalue weighted by atomic mass is 32.2. The van der Waals surface area contributed by atoms with Gasteiger partial charge in [0.2, 0.25) is 0 Å². The number of rotatable bonds is 6. The van der Waals surface area contributed by atoms with Gasteiger partial charge in [0.15, 0.2) is 5.03 Å². The molecule has 100 valence electrons. The van der Waals surface area contributed by atoms with Gasteiger partial charge in [-0.05, 0) is 18.6 Å². The molecule has 18 heavy (non-hydrogen) atoms. The quantitative estimate of drug-likeness (QED) is 0.663. The first-order chi connectivity index (χ1) is 8.36. The number of aromatic carboxylic acids is 1. The molecule has 1 heterocycles. The van der Waals surface area contributed by atoms with E-state index in [1.165, 1.54) is 0 Å². The lowest BCUT2D eigenvalue weighted by Gasteiger charge is -2.09. The number of sulfonamides is 1. The average molecular weight is 274 g/mol. The van der Waals surface area contributed by atoms with E-state index in [1.54, 1.807) is 6.92 Å². The minimum atomic E-state index is -3.82. The molecule has 0 fully saturated rings. The second kappa shape index (κ2) is 5.89. The summed E-state index contributed by atoms with van der Waals surface area (Å²) in [5, 5.41) is 17.6. The molecule has 1 rings (SSSR count). The van der Waals surface area contributed by atoms with E-state index in [0.29, 0.717) is 6.42 Å². The van der Waals surface area contributed by atoms with E-state index in [-0.39, 0.29) is 17.1 Å². The number of carboxylic acids is 1. The number of carbonyl (C=O) groups is 1. The Balaban J connectivity index is 2.82. The molecule has 0 radical (unpaired) electrons. The zero-order valence-corrected chi connectivity index (χ0v) is 10.5. The lowest BCUT2D eigenvalue weighted by molar-refractivity contribution is 0.0696. The molecular weight excluding hydrogens is 260 g/mol. The lowest BCUT2D eigenvalue weighted by atomic mass is 10.3. The second-order valence-electron chi connectivity index (χ2n) is 3.60. The maximum atomic E-state index is 11.7. The Labute approximate surface area is 105 Å². The molecule has 0 aromatic carbocycles. The van der Waals surface area contributed by atoms with Gasteiger partial charge in [-0.1, -0.05) is 6.92 Å². The van der Waals surface area contributed by atoms with Crippen LogP contribution in [-0.2, 0) is 10.0 Å². The number of nitrogens with zero attached hydrogens (tertiary/aromatic N) is 1. The standard InChI is InChI=1S/C10H14N2O5S/c1-2-8(13)6-12-18(16,17)9-4-3-7(5-11-9)10(14)15/h3-5,8,12-13H,2,6H2,1H3,(H,14,15). The van der Waals surface area contributed by atoms with Crippen LogP contribution in [0, 0.1) is 0 Å². The van der Waals surface area contributed by atoms with Crippen molar-refractivity contribution in [1.29, 1.82) is 0 Å². The normalized spacial score (nSPS) is 13.2. The van der Waals surface area contributed by atoms with E-state index in [0.717, 1.165) is 18.3 Å². The second-order valence-corrected chi connectivity index (χ2v) is 5.32. The third-order valence-corrected chi connectivity index (χ3v) is 3.58. The molecule has 3 N–H and O–H groups in total. The number of pyridine rings is 1. The first kappa shape index (κ1) is 14.6. The van der Waals surface area contributed by atoms with Crippen LogP contribution in [0.1, 0.15) is 23.7 Å². The fraction of sp³-hybridized carbons (Fsp3) is 0.400. The summed E-state index contributed by atoms with van der Waals surface area (Å²) < 4.78 is 25.6. The Morgan fingerprint density at radius 3 is 2.61 bits per heavy atom. The van der Waals surface area contributed by atoms with Crippen LogP contribution in [0.2, 0.25) is 0 Å². The lowest BCUT2D eigenvalue weighted by Crippen LogP contribution is -2.32. The van der Waals surface area contributed by atoms with Gasteiger partial charge in [-0.2, -0.15) is 0 Å². The summed E-state index contributed by atoms with van der Waals surface area (Å²) in [6, 6.07) is 2.25. The van der Waals surface area contributed by atoms with E-state index in [1.807, 2.05) is 0 Å². The van der Waals surface area contributed by atoms with E-state index >= 15 is 0 Å². The Morgan fingerprint density at radius 1 is 1.50 bits per heavy atom. The molecule has 0 saturated carbocycles. The zero-order chi connectivity index (χ0) is 13.8. The van der Waals surface area contributed by atoms with Gasteiger partial charge in [0.1, 0.15) is 0 Å². The Kier molecular flexibility index (Phi) is 4.76. The van der Waals surface area contributed by atoms with Gasteiger partial charge in [0.25, 0.3) is 10.0 Å². The van der Waals surface area contributed by atoms with Crippen LogP contribution in [0.25, 0.3) is 0 Å². The molecule has 1 atom stereocenters. The van der Waals surface area contributed by atoms with Crippen LogP contribution in [0.3, 0.4) is 0 Å². The number of nitrogens with one attached hydrogen (secondary N) is 1. The Hall–Kier alpha value is -1.51. The first-order valence-electron chi connectivity index (χ1n) is 5.24. The minimum Gasteiger partial charge on any atom is -0.478 e. The van der Waals surface area contributed by atoms with Gasteiger partial charge in [-0.3, -0.25) is 0 Å². The zero-order valence-electron chi connectivity index (χ0n) is 9.70. The van der Waals surface area contributed by atoms with Crippen molar-refractivity contribution in [2.45, 2.75) is 24.5 Å². The van der Waals surface area contributed by atoms with Crippen LogP contribution in [-0.4, -0.2) is 42.2 Å². The van der Waals surface area contributed by atoms with Crippen LogP contribution in [0.15, 0.2) is 23.4 Å². The Bertz CT molecular complexity index is 512. The van der Waals surface area contributed by atoms with Gasteiger partial charge < -0.3 is 10.2 Å². The molecule has 8 heteroatoms. The predicted octanol–water partition coefficient (Wildman–Crippen LogP) is -0.171. The summed E-state index contributed by atoms with van der Waals surface area (Å²) in [7, 11) is -3.82. The van der Waals surface area contributed by atoms with Crippen molar-refractivity contribution >= 4 is 16.0 Å². The molecule has 0 aliphatic rings. The van der Waals surface area contributed by atoms with Gasteiger partial charge in [-0.25, -0.2) is 22.9 Å². The van der Waals surface area contributed by atoms with Crippen molar-refractivity contribution < 1.29 is 23.4 Å². The summed E-state index contributed by atoms with van der Waals surface area (Å²) in [4.78, 5) is 14.1. The van der Waals surface area contributed by atoms with E-state index in [2.05, 4.69) is 9.71 Å². The first-order valence-corrected chi connectivity index (χ1v) is 6.72. The van der Waals surface area contributed by atoms with Gasteiger partial charge in [0, 0.05) is 12.7 Å². The largest absolute Gasteiger partial charge is 0.478 e. The monoisotopic (exact) mass is 274 g/mol. The molecule has 1 aromatic rings.